The summed E-state index contributed by atoms with van der Waals surface area (Å²) in [6, 6.07) is 14.5. The second-order valence-corrected chi connectivity index (χ2v) is 17.4. The van der Waals surface area contributed by atoms with Gasteiger partial charge in [-0.2, -0.15) is 0 Å². The first-order chi connectivity index (χ1) is 30.5. The van der Waals surface area contributed by atoms with Crippen molar-refractivity contribution in [1.29, 1.82) is 0 Å². The van der Waals surface area contributed by atoms with Crippen LogP contribution in [0.5, 0.6) is 0 Å². The molecule has 1 aliphatic rings. The van der Waals surface area contributed by atoms with Crippen LogP contribution in [0, 0.1) is 11.8 Å². The number of nitrogens with one attached hydrogen (secondary N) is 3. The molecular weight excluding hydrogens is 859 g/mol. The quantitative estimate of drug-likeness (QED) is 0.0402. The monoisotopic (exact) mass is 921 g/mol. The molecule has 0 spiro atoms. The zero-order valence-electron chi connectivity index (χ0n) is 37.0. The van der Waals surface area contributed by atoms with Gasteiger partial charge in [0, 0.05) is 64.7 Å². The van der Waals surface area contributed by atoms with E-state index in [-0.39, 0.29) is 50.7 Å². The van der Waals surface area contributed by atoms with E-state index in [1.54, 1.807) is 12.1 Å². The summed E-state index contributed by atoms with van der Waals surface area (Å²) in [6.45, 7) is -0.0249. The average molecular weight is 922 g/mol. The van der Waals surface area contributed by atoms with Crippen LogP contribution in [0.25, 0.3) is 0 Å². The molecule has 1 heterocycles. The molecule has 2 aromatic rings. The number of carbonyl (C=O) groups is 6. The van der Waals surface area contributed by atoms with Crippen molar-refractivity contribution in [2.45, 2.75) is 95.2 Å². The Labute approximate surface area is 377 Å². The fraction of sp³-hybridized carbons (Fsp3) is 0.591. The summed E-state index contributed by atoms with van der Waals surface area (Å²) in [5.74, 6) is -2.80. The van der Waals surface area contributed by atoms with Crippen LogP contribution in [0.2, 0.25) is 0 Å². The Kier molecular flexibility index (Phi) is 25.1. The molecule has 3 amide bonds. The zero-order chi connectivity index (χ0) is 46.0. The van der Waals surface area contributed by atoms with Gasteiger partial charge in [0.2, 0.25) is 5.91 Å². The number of hydrogen-bond donors (Lipinski definition) is 3. The molecule has 0 aromatic heterocycles. The lowest BCUT2D eigenvalue weighted by Gasteiger charge is -2.27. The van der Waals surface area contributed by atoms with E-state index in [1.807, 2.05) is 42.5 Å². The highest BCUT2D eigenvalue weighted by atomic mass is 33.1. The van der Waals surface area contributed by atoms with Gasteiger partial charge in [-0.25, -0.2) is 14.4 Å². The van der Waals surface area contributed by atoms with Crippen LogP contribution in [0.1, 0.15) is 74.0 Å². The summed E-state index contributed by atoms with van der Waals surface area (Å²) in [7, 11) is 11.5. The summed E-state index contributed by atoms with van der Waals surface area (Å²) in [6.07, 6.45) is -0.252. The van der Waals surface area contributed by atoms with E-state index >= 15 is 0 Å². The Morgan fingerprint density at radius 3 is 2.22 bits per heavy atom. The molecule has 0 fully saturated rings. The van der Waals surface area contributed by atoms with Gasteiger partial charge in [-0.15, -0.1) is 0 Å². The topological polar surface area (TPSA) is 212 Å². The highest BCUT2D eigenvalue weighted by Gasteiger charge is 2.32. The molecule has 19 heteroatoms. The number of Topliss-reactive ketones (excluding diaryl/α,β-unsaturated/α-hetero) is 1. The number of alkyl carbamates (subject to hydrolysis) is 2. The van der Waals surface area contributed by atoms with Crippen LogP contribution >= 0.6 is 21.6 Å². The molecule has 5 atom stereocenters. The molecule has 2 bridgehead atoms. The number of benzene rings is 2. The Morgan fingerprint density at radius 1 is 0.810 bits per heavy atom. The van der Waals surface area contributed by atoms with Crippen LogP contribution in [0.3, 0.4) is 0 Å². The van der Waals surface area contributed by atoms with Crippen molar-refractivity contribution in [2.24, 2.45) is 11.8 Å². The predicted octanol–water partition coefficient (Wildman–Crippen LogP) is 5.68. The third-order valence-electron chi connectivity index (χ3n) is 10.5. The lowest BCUT2D eigenvalue weighted by molar-refractivity contribution is -0.148. The number of methoxy groups -OCH3 is 6. The van der Waals surface area contributed by atoms with Crippen molar-refractivity contribution in [3.63, 3.8) is 0 Å². The molecule has 0 saturated carbocycles. The van der Waals surface area contributed by atoms with Crippen LogP contribution in [0.4, 0.5) is 9.59 Å². The number of rotatable bonds is 23. The number of carbonyl (C=O) groups excluding carboxylic acids is 6. The van der Waals surface area contributed by atoms with E-state index in [0.29, 0.717) is 43.6 Å². The Balaban J connectivity index is 1.67. The highest BCUT2D eigenvalue weighted by molar-refractivity contribution is 8.76. The van der Waals surface area contributed by atoms with Gasteiger partial charge in [0.05, 0.1) is 20.1 Å². The van der Waals surface area contributed by atoms with Gasteiger partial charge in [0.25, 0.3) is 0 Å². The van der Waals surface area contributed by atoms with Gasteiger partial charge in [0.1, 0.15) is 31.1 Å². The first-order valence-corrected chi connectivity index (χ1v) is 23.3. The molecule has 1 aliphatic heterocycles. The molecule has 3 rings (SSSR count). The lowest BCUT2D eigenvalue weighted by Crippen LogP contribution is -2.52. The Morgan fingerprint density at radius 2 is 1.54 bits per heavy atom. The summed E-state index contributed by atoms with van der Waals surface area (Å²) in [5.41, 5.74) is 2.38. The number of fused-ring (bicyclic) bond motifs is 2. The Hall–Kier alpha value is -4.40. The van der Waals surface area contributed by atoms with Gasteiger partial charge in [0.15, 0.2) is 12.6 Å². The molecule has 63 heavy (non-hydrogen) atoms. The first kappa shape index (κ1) is 52.9. The third kappa shape index (κ3) is 19.1. The molecule has 17 nitrogen and oxygen atoms in total. The van der Waals surface area contributed by atoms with Gasteiger partial charge in [-0.05, 0) is 61.6 Å². The lowest BCUT2D eigenvalue weighted by atomic mass is 9.85. The maximum Gasteiger partial charge on any atom is 0.408 e. The van der Waals surface area contributed by atoms with Crippen molar-refractivity contribution < 1.29 is 66.7 Å². The molecule has 350 valence electrons. The molecule has 3 N–H and O–H groups in total. The number of amides is 3. The summed E-state index contributed by atoms with van der Waals surface area (Å²) >= 11 is 0. The van der Waals surface area contributed by atoms with Crippen molar-refractivity contribution in [1.82, 2.24) is 16.0 Å². The minimum absolute atomic E-state index is 0.00191. The van der Waals surface area contributed by atoms with Crippen molar-refractivity contribution in [3.8, 4) is 0 Å². The van der Waals surface area contributed by atoms with Crippen molar-refractivity contribution in [3.05, 3.63) is 71.3 Å². The molecule has 2 aromatic carbocycles. The molecule has 0 saturated heterocycles. The maximum absolute atomic E-state index is 13.9. The van der Waals surface area contributed by atoms with Crippen molar-refractivity contribution in [2.75, 3.05) is 60.7 Å². The minimum atomic E-state index is -1.07. The fourth-order valence-corrected chi connectivity index (χ4v) is 9.21. The van der Waals surface area contributed by atoms with E-state index in [2.05, 4.69) is 16.0 Å². The summed E-state index contributed by atoms with van der Waals surface area (Å²) in [4.78, 5) is 79.0. The predicted molar refractivity (Wildman–Crippen MR) is 236 cm³/mol. The fourth-order valence-electron chi connectivity index (χ4n) is 6.98. The maximum atomic E-state index is 13.9. The van der Waals surface area contributed by atoms with E-state index in [4.69, 9.17) is 37.9 Å². The number of ketones is 1. The smallest absolute Gasteiger partial charge is 0.408 e. The number of hydrogen-bond acceptors (Lipinski definition) is 16. The second-order valence-electron chi connectivity index (χ2n) is 14.7. The normalized spacial score (nSPS) is 18.2. The zero-order valence-corrected chi connectivity index (χ0v) is 38.6. The van der Waals surface area contributed by atoms with Crippen LogP contribution in [0.15, 0.2) is 54.6 Å². The molecular formula is C44H63N3O14S2. The second kappa shape index (κ2) is 29.9. The molecule has 0 radical (unpaired) electrons. The SMILES string of the molecule is COC(=O)[C@@H]1CCC(C(OC)OC)c2cccc(c2)COC(=O)NC[C@@H](CCSSCC[C@H](NC(=O)OCc2ccccc2)C(=O)N[C@@H](CCCC(OC)OC)C(=O)OC)C(=O)C1. The summed E-state index contributed by atoms with van der Waals surface area (Å²) < 4.78 is 42.7. The van der Waals surface area contributed by atoms with E-state index in [9.17, 15) is 28.8 Å². The van der Waals surface area contributed by atoms with E-state index in [0.717, 1.165) is 16.7 Å². The minimum Gasteiger partial charge on any atom is -0.469 e. The summed E-state index contributed by atoms with van der Waals surface area (Å²) in [5, 5.41) is 8.08. The van der Waals surface area contributed by atoms with Crippen LogP contribution in [-0.4, -0.2) is 121 Å². The largest absolute Gasteiger partial charge is 0.469 e. The van der Waals surface area contributed by atoms with Gasteiger partial charge < -0.3 is 53.8 Å². The van der Waals surface area contributed by atoms with E-state index in [1.165, 1.54) is 64.2 Å². The van der Waals surface area contributed by atoms with Crippen molar-refractivity contribution >= 4 is 57.4 Å². The standard InChI is InChI=1S/C44H63N3O14S2/c1-54-38(55-2)17-11-16-36(41(51)57-4)46-39(49)35(47-44(53)61-27-29-12-8-7-9-13-29)21-23-63-62-22-20-33-26-45-43(52)60-28-30-14-10-15-31(24-30)34(42(58-5)59-6)19-18-32(25-37(33)48)40(50)56-3/h7-10,12-15,24,32-36,38,42H,11,16-23,25-28H2,1-6H3,(H,45,52)(H,46,49)(H,47,53)/t32-,33-,34?,35+,36+/m1/s1. The van der Waals surface area contributed by atoms with Gasteiger partial charge >= 0.3 is 24.1 Å². The number of cyclic esters (lactones) is 1. The number of esters is 2. The number of ether oxygens (including phenoxy) is 8. The van der Waals surface area contributed by atoms with E-state index < -0.39 is 66.5 Å². The molecule has 1 unspecified atom stereocenters. The van der Waals surface area contributed by atoms with Crippen LogP contribution in [-0.2, 0) is 70.3 Å². The average Bonchev–Trinajstić information content (AvgIpc) is 3.30. The molecule has 0 aliphatic carbocycles. The van der Waals surface area contributed by atoms with Crippen LogP contribution < -0.4 is 16.0 Å². The third-order valence-corrected chi connectivity index (χ3v) is 13.0. The Bertz CT molecular complexity index is 1720. The first-order valence-electron chi connectivity index (χ1n) is 20.8. The van der Waals surface area contributed by atoms with Gasteiger partial charge in [-0.1, -0.05) is 76.2 Å². The highest BCUT2D eigenvalue weighted by Crippen LogP contribution is 2.32. The van der Waals surface area contributed by atoms with Gasteiger partial charge in [-0.3, -0.25) is 14.4 Å².